The fourth-order valence-electron chi connectivity index (χ4n) is 3.20. The normalized spacial score (nSPS) is 11.5. The topological polar surface area (TPSA) is 98.0 Å². The lowest BCUT2D eigenvalue weighted by atomic mass is 9.96. The van der Waals surface area contributed by atoms with Crippen molar-refractivity contribution in [3.63, 3.8) is 0 Å². The molecule has 1 aromatic heterocycles. The number of nitrogens with two attached hydrogens (primary N) is 1. The summed E-state index contributed by atoms with van der Waals surface area (Å²) >= 11 is 0.859. The van der Waals surface area contributed by atoms with E-state index in [1.165, 1.54) is 12.1 Å². The maximum Gasteiger partial charge on any atom is 0.416 e. The number of carbonyl (C=O) groups excluding carboxylic acids is 2. The van der Waals surface area contributed by atoms with Crippen molar-refractivity contribution in [2.45, 2.75) is 12.7 Å². The van der Waals surface area contributed by atoms with E-state index in [1.807, 2.05) is 12.1 Å². The third-order valence-electron chi connectivity index (χ3n) is 4.75. The molecule has 0 fully saturated rings. The highest BCUT2D eigenvalue weighted by Gasteiger charge is 2.30. The van der Waals surface area contributed by atoms with E-state index in [0.29, 0.717) is 11.1 Å². The summed E-state index contributed by atoms with van der Waals surface area (Å²) in [6.07, 6.45) is -4.39. The minimum absolute atomic E-state index is 0.0340. The van der Waals surface area contributed by atoms with Crippen LogP contribution >= 0.6 is 11.5 Å². The van der Waals surface area contributed by atoms with Crippen LogP contribution in [0, 0.1) is 0 Å². The van der Waals surface area contributed by atoms with Crippen LogP contribution in [0.25, 0.3) is 21.9 Å². The molecule has 32 heavy (non-hydrogen) atoms. The van der Waals surface area contributed by atoms with Gasteiger partial charge in [-0.2, -0.15) is 17.5 Å². The predicted octanol–water partition coefficient (Wildman–Crippen LogP) is 4.41. The summed E-state index contributed by atoms with van der Waals surface area (Å²) in [6, 6.07) is 15.5. The van der Waals surface area contributed by atoms with E-state index >= 15 is 0 Å². The molecule has 3 aromatic carbocycles. The van der Waals surface area contributed by atoms with Crippen LogP contribution in [0.3, 0.4) is 0 Å². The first-order chi connectivity index (χ1) is 15.2. The first kappa shape index (κ1) is 21.4. The van der Waals surface area contributed by atoms with E-state index in [1.54, 1.807) is 24.3 Å². The largest absolute Gasteiger partial charge is 0.416 e. The zero-order valence-corrected chi connectivity index (χ0v) is 17.1. The zero-order valence-electron chi connectivity index (χ0n) is 16.3. The molecule has 0 atom stereocenters. The second kappa shape index (κ2) is 8.39. The Balaban J connectivity index is 1.55. The first-order valence-corrected chi connectivity index (χ1v) is 10.1. The number of benzene rings is 3. The maximum atomic E-state index is 12.8. The number of halogens is 3. The van der Waals surface area contributed by atoms with E-state index in [0.717, 1.165) is 40.0 Å². The fraction of sp³-hybridized carbons (Fsp3) is 0.0909. The van der Waals surface area contributed by atoms with Gasteiger partial charge in [-0.3, -0.25) is 9.59 Å². The van der Waals surface area contributed by atoms with Gasteiger partial charge in [-0.05, 0) is 57.7 Å². The van der Waals surface area contributed by atoms with Gasteiger partial charge in [0.15, 0.2) is 5.82 Å². The van der Waals surface area contributed by atoms with Gasteiger partial charge in [0.1, 0.15) is 0 Å². The van der Waals surface area contributed by atoms with Gasteiger partial charge >= 0.3 is 6.18 Å². The second-order valence-corrected chi connectivity index (χ2v) is 7.63. The highest BCUT2D eigenvalue weighted by molar-refractivity contribution is 7.07. The van der Waals surface area contributed by atoms with Crippen molar-refractivity contribution >= 4 is 34.1 Å². The molecule has 0 aliphatic rings. The van der Waals surface area contributed by atoms with Crippen molar-refractivity contribution in [1.29, 1.82) is 0 Å². The predicted molar refractivity (Wildman–Crippen MR) is 114 cm³/mol. The van der Waals surface area contributed by atoms with Gasteiger partial charge in [-0.15, -0.1) is 0 Å². The standard InChI is InChI=1S/C22H15F3N4O2S/c23-22(24,25)15-7-4-12(5-8-15)16-3-1-2-13-10-14(6-9-17(13)16)20(31)27-11-18-28-21(19(26)30)32-29-18/h1-10H,11H2,(H2,26,30)(H,27,31). The number of amides is 2. The van der Waals surface area contributed by atoms with E-state index in [4.69, 9.17) is 5.73 Å². The van der Waals surface area contributed by atoms with Crippen LogP contribution in [-0.4, -0.2) is 21.2 Å². The van der Waals surface area contributed by atoms with Crippen molar-refractivity contribution in [2.24, 2.45) is 5.73 Å². The molecule has 0 aliphatic heterocycles. The Labute approximate surface area is 184 Å². The maximum absolute atomic E-state index is 12.8. The van der Waals surface area contributed by atoms with Crippen LogP contribution < -0.4 is 11.1 Å². The number of nitrogens with one attached hydrogen (secondary N) is 1. The molecule has 1 heterocycles. The molecular formula is C22H15F3N4O2S. The van der Waals surface area contributed by atoms with Crippen molar-refractivity contribution in [2.75, 3.05) is 0 Å². The minimum atomic E-state index is -4.39. The third kappa shape index (κ3) is 4.45. The average molecular weight is 456 g/mol. The number of fused-ring (bicyclic) bond motifs is 1. The Morgan fingerprint density at radius 1 is 1.03 bits per heavy atom. The summed E-state index contributed by atoms with van der Waals surface area (Å²) in [6.45, 7) is 0.0340. The average Bonchev–Trinajstić information content (AvgIpc) is 3.26. The molecule has 0 spiro atoms. The summed E-state index contributed by atoms with van der Waals surface area (Å²) in [5.41, 5.74) is 6.22. The molecule has 0 saturated heterocycles. The number of carbonyl (C=O) groups is 2. The first-order valence-electron chi connectivity index (χ1n) is 9.33. The van der Waals surface area contributed by atoms with Crippen LogP contribution in [-0.2, 0) is 12.7 Å². The van der Waals surface area contributed by atoms with Crippen LogP contribution in [0.15, 0.2) is 60.7 Å². The van der Waals surface area contributed by atoms with E-state index in [-0.39, 0.29) is 23.3 Å². The number of hydrogen-bond donors (Lipinski definition) is 2. The van der Waals surface area contributed by atoms with Gasteiger partial charge in [0.25, 0.3) is 11.8 Å². The Hall–Kier alpha value is -3.79. The summed E-state index contributed by atoms with van der Waals surface area (Å²) < 4.78 is 42.5. The summed E-state index contributed by atoms with van der Waals surface area (Å²) in [5.74, 6) is -0.761. The lowest BCUT2D eigenvalue weighted by molar-refractivity contribution is -0.137. The van der Waals surface area contributed by atoms with Crippen molar-refractivity contribution in [3.05, 3.63) is 82.6 Å². The molecule has 4 aromatic rings. The van der Waals surface area contributed by atoms with Crippen molar-refractivity contribution in [3.8, 4) is 11.1 Å². The molecule has 2 amide bonds. The fourth-order valence-corrected chi connectivity index (χ4v) is 3.74. The van der Waals surface area contributed by atoms with Gasteiger partial charge in [0, 0.05) is 5.56 Å². The number of alkyl halides is 3. The molecule has 0 unspecified atom stereocenters. The number of hydrogen-bond acceptors (Lipinski definition) is 5. The molecule has 6 nitrogen and oxygen atoms in total. The van der Waals surface area contributed by atoms with Crippen molar-refractivity contribution < 1.29 is 22.8 Å². The minimum Gasteiger partial charge on any atom is -0.363 e. The Kier molecular flexibility index (Phi) is 5.62. The van der Waals surface area contributed by atoms with Gasteiger partial charge in [0.05, 0.1) is 12.1 Å². The Morgan fingerprint density at radius 2 is 1.78 bits per heavy atom. The quantitative estimate of drug-likeness (QED) is 0.465. The number of primary amides is 1. The van der Waals surface area contributed by atoms with Gasteiger partial charge in [-0.1, -0.05) is 36.4 Å². The monoisotopic (exact) mass is 456 g/mol. The molecule has 0 aliphatic carbocycles. The van der Waals surface area contributed by atoms with Crippen LogP contribution in [0.5, 0.6) is 0 Å². The van der Waals surface area contributed by atoms with E-state index < -0.39 is 17.6 Å². The lowest BCUT2D eigenvalue weighted by Gasteiger charge is -2.11. The van der Waals surface area contributed by atoms with Gasteiger partial charge in [0.2, 0.25) is 5.01 Å². The van der Waals surface area contributed by atoms with Crippen LogP contribution in [0.1, 0.15) is 31.5 Å². The van der Waals surface area contributed by atoms with E-state index in [9.17, 15) is 22.8 Å². The third-order valence-corrected chi connectivity index (χ3v) is 5.52. The molecule has 10 heteroatoms. The summed E-state index contributed by atoms with van der Waals surface area (Å²) in [5, 5.41) is 4.31. The molecule has 0 bridgehead atoms. The lowest BCUT2D eigenvalue weighted by Crippen LogP contribution is -2.23. The molecule has 0 saturated carbocycles. The molecular weight excluding hydrogens is 441 g/mol. The van der Waals surface area contributed by atoms with Crippen LogP contribution in [0.4, 0.5) is 13.2 Å². The number of rotatable bonds is 5. The molecule has 3 N–H and O–H groups in total. The highest BCUT2D eigenvalue weighted by Crippen LogP contribution is 2.33. The highest BCUT2D eigenvalue weighted by atomic mass is 32.1. The van der Waals surface area contributed by atoms with Gasteiger partial charge < -0.3 is 11.1 Å². The Morgan fingerprint density at radius 3 is 2.44 bits per heavy atom. The SMILES string of the molecule is NC(=O)c1nc(CNC(=O)c2ccc3c(-c4ccc(C(F)(F)F)cc4)cccc3c2)ns1. The molecule has 0 radical (unpaired) electrons. The van der Waals surface area contributed by atoms with Crippen LogP contribution in [0.2, 0.25) is 0 Å². The Bertz CT molecular complexity index is 1320. The van der Waals surface area contributed by atoms with Crippen molar-refractivity contribution in [1.82, 2.24) is 14.7 Å². The second-order valence-electron chi connectivity index (χ2n) is 6.88. The number of aromatic nitrogens is 2. The zero-order chi connectivity index (χ0) is 22.9. The summed E-state index contributed by atoms with van der Waals surface area (Å²) in [7, 11) is 0. The number of nitrogens with zero attached hydrogens (tertiary/aromatic N) is 2. The summed E-state index contributed by atoms with van der Waals surface area (Å²) in [4.78, 5) is 27.5. The smallest absolute Gasteiger partial charge is 0.363 e. The molecule has 162 valence electrons. The molecule has 4 rings (SSSR count). The van der Waals surface area contributed by atoms with E-state index in [2.05, 4.69) is 14.7 Å². The van der Waals surface area contributed by atoms with Gasteiger partial charge in [-0.25, -0.2) is 4.98 Å².